The number of hydrogen-bond acceptors (Lipinski definition) is 10. The number of alkyl halides is 2. The predicted octanol–water partition coefficient (Wildman–Crippen LogP) is 3.92. The number of morpholine rings is 1. The Kier molecular flexibility index (Phi) is 9.45. The lowest BCUT2D eigenvalue weighted by molar-refractivity contribution is -0.133. The summed E-state index contributed by atoms with van der Waals surface area (Å²) in [6.07, 6.45) is 8.01. The molecule has 3 aliphatic rings. The van der Waals surface area contributed by atoms with Gasteiger partial charge in [0.25, 0.3) is 5.91 Å². The number of fused-ring (bicyclic) bond motifs is 2. The number of carbonyl (C=O) groups excluding carboxylic acids is 2. The molecule has 0 radical (unpaired) electrons. The fourth-order valence-electron chi connectivity index (χ4n) is 6.41. The maximum atomic E-state index is 13.7. The summed E-state index contributed by atoms with van der Waals surface area (Å²) in [5.74, 6) is -0.204. The highest BCUT2D eigenvalue weighted by molar-refractivity contribution is 8.00. The van der Waals surface area contributed by atoms with E-state index in [2.05, 4.69) is 37.6 Å². The Labute approximate surface area is 279 Å². The summed E-state index contributed by atoms with van der Waals surface area (Å²) in [7, 11) is 0. The highest BCUT2D eigenvalue weighted by Gasteiger charge is 2.28. The van der Waals surface area contributed by atoms with Gasteiger partial charge in [0, 0.05) is 79.6 Å². The fraction of sp³-hybridized carbons (Fsp3) is 0.469. The van der Waals surface area contributed by atoms with Crippen LogP contribution in [-0.4, -0.2) is 110 Å². The van der Waals surface area contributed by atoms with Gasteiger partial charge >= 0.3 is 6.61 Å². The lowest BCUT2D eigenvalue weighted by Crippen LogP contribution is -2.45. The minimum atomic E-state index is -3.09. The van der Waals surface area contributed by atoms with Crippen LogP contribution in [0.4, 0.5) is 20.2 Å². The number of benzene rings is 1. The Morgan fingerprint density at radius 3 is 2.79 bits per heavy atom. The van der Waals surface area contributed by atoms with E-state index in [9.17, 15) is 18.4 Å². The fourth-order valence-corrected chi connectivity index (χ4v) is 7.45. The minimum absolute atomic E-state index is 0.0847. The van der Waals surface area contributed by atoms with E-state index in [1.165, 1.54) is 21.5 Å². The lowest BCUT2D eigenvalue weighted by atomic mass is 9.96. The average molecular weight is 682 g/mol. The first-order valence-corrected chi connectivity index (χ1v) is 17.0. The lowest BCUT2D eigenvalue weighted by Gasteiger charge is -2.36. The molecule has 3 aromatic heterocycles. The molecule has 254 valence electrons. The van der Waals surface area contributed by atoms with E-state index in [1.807, 2.05) is 4.90 Å². The van der Waals surface area contributed by atoms with Gasteiger partial charge in [-0.3, -0.25) is 19.2 Å². The van der Waals surface area contributed by atoms with E-state index in [0.29, 0.717) is 36.9 Å². The van der Waals surface area contributed by atoms with Crippen LogP contribution in [0.15, 0.2) is 47.9 Å². The normalized spacial score (nSPS) is 18.9. The van der Waals surface area contributed by atoms with Crippen molar-refractivity contribution in [3.8, 4) is 17.0 Å². The zero-order chi connectivity index (χ0) is 33.2. The Morgan fingerprint density at radius 1 is 1.19 bits per heavy atom. The molecular weight excluding hydrogens is 644 g/mol. The first kappa shape index (κ1) is 32.3. The third-order valence-corrected chi connectivity index (χ3v) is 10.0. The number of carbonyl (C=O) groups is 2. The van der Waals surface area contributed by atoms with Gasteiger partial charge in [0.05, 0.1) is 30.8 Å². The number of thioether (sulfide) groups is 1. The Hall–Kier alpha value is -4.28. The molecule has 0 bridgehead atoms. The molecule has 0 aliphatic carbocycles. The number of rotatable bonds is 9. The number of halogens is 2. The molecule has 0 spiro atoms. The maximum Gasteiger partial charge on any atom is 0.387 e. The molecule has 16 heteroatoms. The van der Waals surface area contributed by atoms with Crippen LogP contribution in [0.2, 0.25) is 0 Å². The van der Waals surface area contributed by atoms with E-state index in [4.69, 9.17) is 9.47 Å². The van der Waals surface area contributed by atoms with Crippen LogP contribution >= 0.6 is 11.8 Å². The highest BCUT2D eigenvalue weighted by atomic mass is 32.2. The Balaban J connectivity index is 1.16. The van der Waals surface area contributed by atoms with Crippen molar-refractivity contribution in [1.82, 2.24) is 34.2 Å². The van der Waals surface area contributed by atoms with Crippen LogP contribution in [0.3, 0.4) is 0 Å². The molecule has 1 aromatic carbocycles. The van der Waals surface area contributed by atoms with Gasteiger partial charge < -0.3 is 25.0 Å². The molecule has 6 heterocycles. The van der Waals surface area contributed by atoms with Crippen molar-refractivity contribution in [2.24, 2.45) is 5.92 Å². The topological polar surface area (TPSA) is 131 Å². The number of hydrogen-bond donors (Lipinski definition) is 2. The standard InChI is InChI=1S/C32H37F2N9O4S/c1-20-15-36-24-14-26(47-32(33)34)22(13-27(24)48-20)29-25(38-31(45)23-16-37-43-6-2-5-35-30(23)43)18-42(39-29)19-28(44)41-7-3-21(4-8-41)17-40-9-11-46-12-10-40/h2,5-6,13-14,16,18,20-21,32,36H,3-4,7-12,15,17,19H2,1H3,(H,38,45)/t20-/m1/s1. The summed E-state index contributed by atoms with van der Waals surface area (Å²) in [4.78, 5) is 36.5. The van der Waals surface area contributed by atoms with Crippen molar-refractivity contribution in [2.75, 3.05) is 63.1 Å². The van der Waals surface area contributed by atoms with Crippen LogP contribution in [0, 0.1) is 5.92 Å². The Morgan fingerprint density at radius 2 is 2.00 bits per heavy atom. The van der Waals surface area contributed by atoms with Crippen molar-refractivity contribution >= 4 is 40.6 Å². The van der Waals surface area contributed by atoms with E-state index in [1.54, 1.807) is 42.5 Å². The second kappa shape index (κ2) is 14.1. The van der Waals surface area contributed by atoms with Crippen LogP contribution < -0.4 is 15.4 Å². The van der Waals surface area contributed by atoms with Crippen LogP contribution in [0.5, 0.6) is 5.75 Å². The van der Waals surface area contributed by atoms with E-state index in [-0.39, 0.29) is 46.0 Å². The van der Waals surface area contributed by atoms with E-state index < -0.39 is 12.5 Å². The molecule has 2 fully saturated rings. The van der Waals surface area contributed by atoms with E-state index in [0.717, 1.165) is 50.6 Å². The second-order valence-corrected chi connectivity index (χ2v) is 13.7. The summed E-state index contributed by atoms with van der Waals surface area (Å²) >= 11 is 1.60. The molecule has 0 saturated carbocycles. The first-order chi connectivity index (χ1) is 23.3. The number of piperidine rings is 1. The molecule has 7 rings (SSSR count). The van der Waals surface area contributed by atoms with Crippen molar-refractivity contribution in [1.29, 1.82) is 0 Å². The van der Waals surface area contributed by atoms with Crippen molar-refractivity contribution in [3.63, 3.8) is 0 Å². The quantitative estimate of drug-likeness (QED) is 0.268. The average Bonchev–Trinajstić information content (AvgIpc) is 3.69. The van der Waals surface area contributed by atoms with Gasteiger partial charge in [-0.15, -0.1) is 11.8 Å². The maximum absolute atomic E-state index is 13.7. The van der Waals surface area contributed by atoms with Gasteiger partial charge in [-0.1, -0.05) is 6.92 Å². The molecule has 1 atom stereocenters. The molecule has 3 aliphatic heterocycles. The Bertz CT molecular complexity index is 1790. The molecule has 4 aromatic rings. The number of amides is 2. The summed E-state index contributed by atoms with van der Waals surface area (Å²) in [5.41, 5.74) is 1.93. The van der Waals surface area contributed by atoms with Crippen molar-refractivity contribution in [2.45, 2.75) is 43.1 Å². The SMILES string of the molecule is C[C@@H]1CNc2cc(OC(F)F)c(-c3nn(CC(=O)N4CCC(CN5CCOCC5)CC4)cc3NC(=O)c3cnn4cccnc34)cc2S1. The summed E-state index contributed by atoms with van der Waals surface area (Å²) < 4.78 is 40.7. The van der Waals surface area contributed by atoms with Gasteiger partial charge in [0.2, 0.25) is 5.91 Å². The summed E-state index contributed by atoms with van der Waals surface area (Å²) in [5, 5.41) is 15.3. The minimum Gasteiger partial charge on any atom is -0.434 e. The van der Waals surface area contributed by atoms with E-state index >= 15 is 0 Å². The number of anilines is 2. The molecule has 2 amide bonds. The predicted molar refractivity (Wildman–Crippen MR) is 176 cm³/mol. The zero-order valence-electron chi connectivity index (χ0n) is 26.5. The van der Waals surface area contributed by atoms with Gasteiger partial charge in [0.15, 0.2) is 5.65 Å². The number of likely N-dealkylation sites (tertiary alicyclic amines) is 1. The highest BCUT2D eigenvalue weighted by Crippen LogP contribution is 2.44. The van der Waals surface area contributed by atoms with Crippen molar-refractivity contribution < 1.29 is 27.8 Å². The molecule has 2 N–H and O–H groups in total. The second-order valence-electron chi connectivity index (χ2n) is 12.3. The number of ether oxygens (including phenoxy) is 2. The zero-order valence-corrected chi connectivity index (χ0v) is 27.3. The van der Waals surface area contributed by atoms with Gasteiger partial charge in [0.1, 0.15) is 23.6 Å². The first-order valence-electron chi connectivity index (χ1n) is 16.1. The largest absolute Gasteiger partial charge is 0.434 e. The monoisotopic (exact) mass is 681 g/mol. The van der Waals surface area contributed by atoms with Gasteiger partial charge in [-0.2, -0.15) is 19.0 Å². The smallest absolute Gasteiger partial charge is 0.387 e. The van der Waals surface area contributed by atoms with Crippen LogP contribution in [0.1, 0.15) is 30.1 Å². The van der Waals surface area contributed by atoms with Crippen LogP contribution in [0.25, 0.3) is 16.9 Å². The number of nitrogens with zero attached hydrogens (tertiary/aromatic N) is 7. The van der Waals surface area contributed by atoms with Crippen molar-refractivity contribution in [3.05, 3.63) is 48.5 Å². The van der Waals surface area contributed by atoms with Gasteiger partial charge in [-0.25, -0.2) is 9.50 Å². The molecule has 2 saturated heterocycles. The summed E-state index contributed by atoms with van der Waals surface area (Å²) in [6.45, 7) is 5.26. The third-order valence-electron chi connectivity index (χ3n) is 8.88. The van der Waals surface area contributed by atoms with Crippen LogP contribution in [-0.2, 0) is 16.1 Å². The summed E-state index contributed by atoms with van der Waals surface area (Å²) in [6, 6.07) is 4.96. The molecular formula is C32H37F2N9O4S. The molecule has 13 nitrogen and oxygen atoms in total. The van der Waals surface area contributed by atoms with Gasteiger partial charge in [-0.05, 0) is 30.9 Å². The molecule has 0 unspecified atom stereocenters. The number of aromatic nitrogens is 5. The third kappa shape index (κ3) is 7.10. The molecule has 48 heavy (non-hydrogen) atoms. The number of nitrogens with one attached hydrogen (secondary N) is 2.